The molecule has 1 N–H and O–H groups in total. The fraction of sp³-hybridized carbons (Fsp3) is 0.636. The van der Waals surface area contributed by atoms with E-state index in [9.17, 15) is 9.59 Å². The molecule has 6 nitrogen and oxygen atoms in total. The molecule has 1 saturated heterocycles. The molecule has 28 heavy (non-hydrogen) atoms. The molecule has 1 aliphatic carbocycles. The molecule has 0 spiro atoms. The molecule has 1 aliphatic heterocycles. The number of benzene rings is 1. The first kappa shape index (κ1) is 20.5. The number of carbonyl (C=O) groups excluding carboxylic acids is 2. The number of hydrogen-bond acceptors (Lipinski definition) is 4. The van der Waals surface area contributed by atoms with Crippen LogP contribution >= 0.6 is 0 Å². The number of likely N-dealkylation sites (tertiary alicyclic amines) is 1. The van der Waals surface area contributed by atoms with E-state index in [-0.39, 0.29) is 5.91 Å². The van der Waals surface area contributed by atoms with Gasteiger partial charge in [-0.05, 0) is 43.2 Å². The second-order valence-corrected chi connectivity index (χ2v) is 7.87. The molecular formula is C22H32N2O4. The van der Waals surface area contributed by atoms with Gasteiger partial charge in [-0.3, -0.25) is 10.1 Å². The van der Waals surface area contributed by atoms with Gasteiger partial charge < -0.3 is 14.4 Å². The number of fused-ring (bicyclic) bond motifs is 1. The Labute approximate surface area is 167 Å². The zero-order chi connectivity index (χ0) is 19.9. The summed E-state index contributed by atoms with van der Waals surface area (Å²) in [5.74, 6) is 1.90. The van der Waals surface area contributed by atoms with Crippen LogP contribution in [0, 0.1) is 11.8 Å². The zero-order valence-electron chi connectivity index (χ0n) is 17.0. The summed E-state index contributed by atoms with van der Waals surface area (Å²) in [5.41, 5.74) is 1.10. The van der Waals surface area contributed by atoms with Gasteiger partial charge in [0.25, 0.3) is 5.91 Å². The number of anilines is 1. The number of nitrogens with zero attached hydrogens (tertiary/aromatic N) is 1. The van der Waals surface area contributed by atoms with Crippen molar-refractivity contribution in [3.05, 3.63) is 23.8 Å². The molecule has 2 amide bonds. The van der Waals surface area contributed by atoms with Crippen LogP contribution in [0.25, 0.3) is 0 Å². The van der Waals surface area contributed by atoms with Crippen LogP contribution in [0.4, 0.5) is 10.5 Å². The highest BCUT2D eigenvalue weighted by atomic mass is 16.5. The monoisotopic (exact) mass is 388 g/mol. The van der Waals surface area contributed by atoms with Crippen LogP contribution in [0.1, 0.15) is 62.2 Å². The standard InChI is InChI=1S/C22H32N2O4/c1-3-4-13-28-22(26)23-18-9-10-19(20(14-18)27-2)21(25)24-12-11-16-7-5-6-8-17(16)15-24/h9-10,14,16-17H,3-8,11-13,15H2,1-2H3,(H,23,26)/t16-,17+/m1/s1. The van der Waals surface area contributed by atoms with Crippen molar-refractivity contribution < 1.29 is 19.1 Å². The summed E-state index contributed by atoms with van der Waals surface area (Å²) in [5, 5.41) is 2.69. The van der Waals surface area contributed by atoms with Gasteiger partial charge in [-0.25, -0.2) is 4.79 Å². The van der Waals surface area contributed by atoms with E-state index in [4.69, 9.17) is 9.47 Å². The van der Waals surface area contributed by atoms with E-state index in [1.165, 1.54) is 25.7 Å². The smallest absolute Gasteiger partial charge is 0.411 e. The fourth-order valence-corrected chi connectivity index (χ4v) is 4.36. The molecule has 1 saturated carbocycles. The molecule has 6 heteroatoms. The Morgan fingerprint density at radius 1 is 1.18 bits per heavy atom. The third-order valence-electron chi connectivity index (χ3n) is 5.99. The molecule has 1 aromatic rings. The number of amides is 2. The van der Waals surface area contributed by atoms with Crippen LogP contribution in [-0.2, 0) is 4.74 Å². The minimum absolute atomic E-state index is 0.0120. The molecule has 0 radical (unpaired) electrons. The summed E-state index contributed by atoms with van der Waals surface area (Å²) in [4.78, 5) is 26.9. The van der Waals surface area contributed by atoms with Crippen molar-refractivity contribution in [2.45, 2.75) is 51.9 Å². The van der Waals surface area contributed by atoms with E-state index in [1.54, 1.807) is 25.3 Å². The molecule has 3 rings (SSSR count). The lowest BCUT2D eigenvalue weighted by Crippen LogP contribution is -2.44. The Morgan fingerprint density at radius 2 is 1.96 bits per heavy atom. The van der Waals surface area contributed by atoms with Crippen molar-refractivity contribution in [2.75, 3.05) is 32.1 Å². The summed E-state index contributed by atoms with van der Waals surface area (Å²) in [6.07, 6.45) is 7.56. The molecule has 0 bridgehead atoms. The van der Waals surface area contributed by atoms with Gasteiger partial charge in [0.05, 0.1) is 19.3 Å². The highest BCUT2D eigenvalue weighted by molar-refractivity contribution is 5.98. The van der Waals surface area contributed by atoms with Gasteiger partial charge in [-0.15, -0.1) is 0 Å². The summed E-state index contributed by atoms with van der Waals surface area (Å²) in [7, 11) is 1.54. The first-order valence-corrected chi connectivity index (χ1v) is 10.5. The largest absolute Gasteiger partial charge is 0.496 e. The molecule has 2 fully saturated rings. The maximum absolute atomic E-state index is 13.1. The van der Waals surface area contributed by atoms with Crippen molar-refractivity contribution in [2.24, 2.45) is 11.8 Å². The molecule has 2 atom stereocenters. The van der Waals surface area contributed by atoms with Crippen LogP contribution in [0.5, 0.6) is 5.75 Å². The van der Waals surface area contributed by atoms with Gasteiger partial charge in [0.2, 0.25) is 0 Å². The molecule has 1 heterocycles. The van der Waals surface area contributed by atoms with Crippen LogP contribution in [0.3, 0.4) is 0 Å². The van der Waals surface area contributed by atoms with E-state index >= 15 is 0 Å². The number of piperidine rings is 1. The second kappa shape index (κ2) is 9.80. The van der Waals surface area contributed by atoms with Gasteiger partial charge in [0.15, 0.2) is 0 Å². The summed E-state index contributed by atoms with van der Waals surface area (Å²) < 4.78 is 10.6. The maximum Gasteiger partial charge on any atom is 0.411 e. The first-order valence-electron chi connectivity index (χ1n) is 10.5. The van der Waals surface area contributed by atoms with Gasteiger partial charge in [-0.1, -0.05) is 32.6 Å². The maximum atomic E-state index is 13.1. The Balaban J connectivity index is 1.64. The van der Waals surface area contributed by atoms with Crippen molar-refractivity contribution in [3.63, 3.8) is 0 Å². The second-order valence-electron chi connectivity index (χ2n) is 7.87. The minimum atomic E-state index is -0.492. The van der Waals surface area contributed by atoms with Crippen LogP contribution in [-0.4, -0.2) is 43.7 Å². The number of nitrogens with one attached hydrogen (secondary N) is 1. The van der Waals surface area contributed by atoms with Crippen molar-refractivity contribution in [1.29, 1.82) is 0 Å². The molecule has 1 aromatic carbocycles. The summed E-state index contributed by atoms with van der Waals surface area (Å²) in [6, 6.07) is 5.14. The number of carbonyl (C=O) groups is 2. The number of hydrogen-bond donors (Lipinski definition) is 1. The van der Waals surface area contributed by atoms with E-state index in [2.05, 4.69) is 5.32 Å². The van der Waals surface area contributed by atoms with E-state index in [1.807, 2.05) is 11.8 Å². The topological polar surface area (TPSA) is 67.9 Å². The van der Waals surface area contributed by atoms with Crippen LogP contribution in [0.15, 0.2) is 18.2 Å². The Hall–Kier alpha value is -2.24. The van der Waals surface area contributed by atoms with Gasteiger partial charge in [0, 0.05) is 24.8 Å². The minimum Gasteiger partial charge on any atom is -0.496 e. The average Bonchev–Trinajstić information content (AvgIpc) is 2.73. The number of ether oxygens (including phenoxy) is 2. The van der Waals surface area contributed by atoms with Crippen LogP contribution < -0.4 is 10.1 Å². The molecular weight excluding hydrogens is 356 g/mol. The Bertz CT molecular complexity index is 691. The van der Waals surface area contributed by atoms with E-state index in [0.717, 1.165) is 38.3 Å². The highest BCUT2D eigenvalue weighted by Gasteiger charge is 2.33. The summed E-state index contributed by atoms with van der Waals surface area (Å²) in [6.45, 7) is 4.09. The third kappa shape index (κ3) is 4.97. The normalized spacial score (nSPS) is 21.6. The lowest BCUT2D eigenvalue weighted by molar-refractivity contribution is 0.0518. The molecule has 154 valence electrons. The number of methoxy groups -OCH3 is 1. The van der Waals surface area contributed by atoms with E-state index < -0.39 is 6.09 Å². The number of rotatable bonds is 6. The predicted molar refractivity (Wildman–Crippen MR) is 109 cm³/mol. The molecule has 2 aliphatic rings. The highest BCUT2D eigenvalue weighted by Crippen LogP contribution is 2.37. The van der Waals surface area contributed by atoms with Crippen molar-refractivity contribution in [1.82, 2.24) is 4.90 Å². The lowest BCUT2D eigenvalue weighted by Gasteiger charge is -2.41. The van der Waals surface area contributed by atoms with Gasteiger partial charge in [-0.2, -0.15) is 0 Å². The SMILES string of the molecule is CCCCOC(=O)Nc1ccc(C(=O)N2CC[C@H]3CCCC[C@H]3C2)c(OC)c1. The average molecular weight is 389 g/mol. The quantitative estimate of drug-likeness (QED) is 0.718. The van der Waals surface area contributed by atoms with Crippen molar-refractivity contribution >= 4 is 17.7 Å². The Kier molecular flexibility index (Phi) is 7.18. The number of unbranched alkanes of at least 4 members (excludes halogenated alkanes) is 1. The van der Waals surface area contributed by atoms with Crippen molar-refractivity contribution in [3.8, 4) is 5.75 Å². The molecule has 0 aromatic heterocycles. The van der Waals surface area contributed by atoms with E-state index in [0.29, 0.717) is 29.5 Å². The van der Waals surface area contributed by atoms with Gasteiger partial charge >= 0.3 is 6.09 Å². The predicted octanol–water partition coefficient (Wildman–Crippen LogP) is 4.70. The molecule has 0 unspecified atom stereocenters. The summed E-state index contributed by atoms with van der Waals surface area (Å²) >= 11 is 0. The lowest BCUT2D eigenvalue weighted by atomic mass is 9.75. The fourth-order valence-electron chi connectivity index (χ4n) is 4.36. The van der Waals surface area contributed by atoms with Gasteiger partial charge in [0.1, 0.15) is 5.75 Å². The Morgan fingerprint density at radius 3 is 2.71 bits per heavy atom. The third-order valence-corrected chi connectivity index (χ3v) is 5.99. The first-order chi connectivity index (χ1) is 13.6. The van der Waals surface area contributed by atoms with Crippen LogP contribution in [0.2, 0.25) is 0 Å². The zero-order valence-corrected chi connectivity index (χ0v) is 17.0.